The number of carbonyl (C=O) groups excluding carboxylic acids is 3. The molecule has 0 aromatic carbocycles. The largest absolute Gasteiger partial charge is 0.383 e. The molecule has 1 aromatic rings. The minimum Gasteiger partial charge on any atom is -0.383 e. The average Bonchev–Trinajstić information content (AvgIpc) is 2.93. The highest BCUT2D eigenvalue weighted by Crippen LogP contribution is 2.21. The lowest BCUT2D eigenvalue weighted by Gasteiger charge is -2.27. The van der Waals surface area contributed by atoms with Crippen molar-refractivity contribution in [3.63, 3.8) is 0 Å². The molecule has 3 N–H and O–H groups in total. The third kappa shape index (κ3) is 5.12. The fraction of sp³-hybridized carbons (Fsp3) is 0.632. The number of hydrogen-bond acceptors (Lipinski definition) is 6. The molecule has 1 saturated heterocycles. The van der Waals surface area contributed by atoms with Crippen LogP contribution in [0.5, 0.6) is 0 Å². The van der Waals surface area contributed by atoms with Crippen LogP contribution in [0.1, 0.15) is 47.0 Å². The molecule has 1 fully saturated rings. The van der Waals surface area contributed by atoms with Crippen molar-refractivity contribution in [3.8, 4) is 0 Å². The van der Waals surface area contributed by atoms with Crippen molar-refractivity contribution in [2.24, 2.45) is 11.8 Å². The Hall–Kier alpha value is -2.91. The van der Waals surface area contributed by atoms with Gasteiger partial charge in [0.05, 0.1) is 0 Å². The first-order chi connectivity index (χ1) is 13.5. The summed E-state index contributed by atoms with van der Waals surface area (Å²) in [4.78, 5) is 65.8. The molecular weight excluding hydrogens is 378 g/mol. The molecule has 0 atom stereocenters. The Balaban J connectivity index is 2.38. The number of nitrogen functional groups attached to an aromatic ring is 1. The Morgan fingerprint density at radius 3 is 2.17 bits per heavy atom. The van der Waals surface area contributed by atoms with Crippen molar-refractivity contribution < 1.29 is 14.4 Å². The highest BCUT2D eigenvalue weighted by molar-refractivity contribution is 6.02. The maximum Gasteiger partial charge on any atom is 0.330 e. The van der Waals surface area contributed by atoms with Gasteiger partial charge in [0.25, 0.3) is 5.56 Å². The van der Waals surface area contributed by atoms with E-state index >= 15 is 0 Å². The molecule has 29 heavy (non-hydrogen) atoms. The van der Waals surface area contributed by atoms with Crippen molar-refractivity contribution in [2.75, 3.05) is 23.7 Å². The zero-order valence-corrected chi connectivity index (χ0v) is 17.4. The summed E-state index contributed by atoms with van der Waals surface area (Å²) < 4.78 is 1.25. The fourth-order valence-electron chi connectivity index (χ4n) is 3.28. The van der Waals surface area contributed by atoms with Crippen LogP contribution in [0.25, 0.3) is 0 Å². The summed E-state index contributed by atoms with van der Waals surface area (Å²) in [6, 6.07) is 0. The molecule has 1 aliphatic heterocycles. The maximum absolute atomic E-state index is 13.0. The Morgan fingerprint density at radius 2 is 1.66 bits per heavy atom. The van der Waals surface area contributed by atoms with Crippen molar-refractivity contribution in [1.29, 1.82) is 0 Å². The lowest BCUT2D eigenvalue weighted by molar-refractivity contribution is -0.138. The van der Waals surface area contributed by atoms with E-state index in [1.54, 1.807) is 0 Å². The standard InChI is InChI=1S/C19H29N5O5/c1-11(2)9-23(15(27)7-8-22-13(25)5-6-14(22)26)16-17(20)24(10-12(3)4)19(29)21-18(16)28/h11-12H,5-10,20H2,1-4H3,(H,21,28,29). The average molecular weight is 407 g/mol. The second-order valence-electron chi connectivity index (χ2n) is 8.08. The summed E-state index contributed by atoms with van der Waals surface area (Å²) in [5, 5.41) is 0. The predicted octanol–water partition coefficient (Wildman–Crippen LogP) is 0.303. The van der Waals surface area contributed by atoms with Gasteiger partial charge in [-0.1, -0.05) is 27.7 Å². The molecule has 0 spiro atoms. The lowest BCUT2D eigenvalue weighted by Crippen LogP contribution is -2.44. The molecule has 10 heteroatoms. The number of aromatic amines is 1. The molecule has 10 nitrogen and oxygen atoms in total. The second-order valence-corrected chi connectivity index (χ2v) is 8.08. The van der Waals surface area contributed by atoms with Crippen LogP contribution in [0.15, 0.2) is 9.59 Å². The summed E-state index contributed by atoms with van der Waals surface area (Å²) >= 11 is 0. The van der Waals surface area contributed by atoms with Gasteiger partial charge in [0.1, 0.15) is 5.82 Å². The number of nitrogens with one attached hydrogen (secondary N) is 1. The summed E-state index contributed by atoms with van der Waals surface area (Å²) in [5.41, 5.74) is 4.69. The SMILES string of the molecule is CC(C)CN(C(=O)CCN1C(=O)CCC1=O)c1c(N)n(CC(C)C)c(=O)[nH]c1=O. The molecular formula is C19H29N5O5. The Kier molecular flexibility index (Phi) is 6.99. The number of hydrogen-bond donors (Lipinski definition) is 2. The van der Waals surface area contributed by atoms with Crippen molar-refractivity contribution in [1.82, 2.24) is 14.5 Å². The number of imide groups is 1. The lowest BCUT2D eigenvalue weighted by atomic mass is 10.1. The van der Waals surface area contributed by atoms with E-state index < -0.39 is 17.2 Å². The second kappa shape index (κ2) is 9.06. The van der Waals surface area contributed by atoms with Gasteiger partial charge in [0.15, 0.2) is 5.69 Å². The molecule has 0 bridgehead atoms. The Bertz CT molecular complexity index is 899. The van der Waals surface area contributed by atoms with Crippen LogP contribution in [0.2, 0.25) is 0 Å². The van der Waals surface area contributed by atoms with E-state index in [0.717, 1.165) is 4.90 Å². The fourth-order valence-corrected chi connectivity index (χ4v) is 3.28. The smallest absolute Gasteiger partial charge is 0.330 e. The first kappa shape index (κ1) is 22.4. The Morgan fingerprint density at radius 1 is 1.07 bits per heavy atom. The minimum absolute atomic E-state index is 0.0123. The van der Waals surface area contributed by atoms with Crippen molar-refractivity contribution in [3.05, 3.63) is 20.8 Å². The van der Waals surface area contributed by atoms with Gasteiger partial charge in [0, 0.05) is 38.9 Å². The predicted molar refractivity (Wildman–Crippen MR) is 108 cm³/mol. The molecule has 1 aromatic heterocycles. The molecule has 1 aliphatic rings. The number of nitrogens with two attached hydrogens (primary N) is 1. The van der Waals surface area contributed by atoms with Crippen LogP contribution >= 0.6 is 0 Å². The van der Waals surface area contributed by atoms with Gasteiger partial charge < -0.3 is 10.6 Å². The molecule has 0 aliphatic carbocycles. The van der Waals surface area contributed by atoms with E-state index in [0.29, 0.717) is 0 Å². The van der Waals surface area contributed by atoms with Gasteiger partial charge in [-0.15, -0.1) is 0 Å². The van der Waals surface area contributed by atoms with Crippen LogP contribution in [-0.4, -0.2) is 45.3 Å². The normalized spacial score (nSPS) is 14.3. The zero-order valence-electron chi connectivity index (χ0n) is 17.4. The maximum atomic E-state index is 13.0. The topological polar surface area (TPSA) is 139 Å². The number of H-pyrrole nitrogens is 1. The number of rotatable bonds is 8. The van der Waals surface area contributed by atoms with E-state index in [4.69, 9.17) is 5.73 Å². The summed E-state index contributed by atoms with van der Waals surface area (Å²) in [6.45, 7) is 8.00. The van der Waals surface area contributed by atoms with E-state index in [-0.39, 0.29) is 74.1 Å². The number of anilines is 2. The number of amides is 3. The number of nitrogens with zero attached hydrogens (tertiary/aromatic N) is 3. The number of aromatic nitrogens is 2. The molecule has 2 heterocycles. The summed E-state index contributed by atoms with van der Waals surface area (Å²) in [6.07, 6.45) is 0.164. The van der Waals surface area contributed by atoms with Gasteiger partial charge in [-0.2, -0.15) is 0 Å². The van der Waals surface area contributed by atoms with Crippen LogP contribution in [0.4, 0.5) is 11.5 Å². The summed E-state index contributed by atoms with van der Waals surface area (Å²) in [5.74, 6) is -1.02. The van der Waals surface area contributed by atoms with E-state index in [1.165, 1.54) is 9.47 Å². The van der Waals surface area contributed by atoms with Gasteiger partial charge in [-0.25, -0.2) is 4.79 Å². The van der Waals surface area contributed by atoms with Gasteiger partial charge in [-0.3, -0.25) is 33.6 Å². The summed E-state index contributed by atoms with van der Waals surface area (Å²) in [7, 11) is 0. The third-order valence-electron chi connectivity index (χ3n) is 4.58. The highest BCUT2D eigenvalue weighted by atomic mass is 16.2. The molecule has 3 amide bonds. The first-order valence-corrected chi connectivity index (χ1v) is 9.79. The first-order valence-electron chi connectivity index (χ1n) is 9.79. The number of likely N-dealkylation sites (tertiary alicyclic amines) is 1. The molecule has 0 saturated carbocycles. The molecule has 0 unspecified atom stereocenters. The van der Waals surface area contributed by atoms with Gasteiger partial charge in [-0.05, 0) is 11.8 Å². The van der Waals surface area contributed by atoms with E-state index in [2.05, 4.69) is 4.98 Å². The van der Waals surface area contributed by atoms with E-state index in [1.807, 2.05) is 27.7 Å². The molecule has 0 radical (unpaired) electrons. The van der Waals surface area contributed by atoms with Gasteiger partial charge >= 0.3 is 5.69 Å². The minimum atomic E-state index is -0.741. The van der Waals surface area contributed by atoms with Crippen LogP contribution in [-0.2, 0) is 20.9 Å². The monoisotopic (exact) mass is 407 g/mol. The van der Waals surface area contributed by atoms with Crippen molar-refractivity contribution in [2.45, 2.75) is 53.5 Å². The molecule has 160 valence electrons. The van der Waals surface area contributed by atoms with E-state index in [9.17, 15) is 24.0 Å². The Labute approximate surface area is 168 Å². The molecule has 2 rings (SSSR count). The van der Waals surface area contributed by atoms with Crippen LogP contribution < -0.4 is 21.9 Å². The number of carbonyl (C=O) groups is 3. The van der Waals surface area contributed by atoms with Crippen LogP contribution in [0.3, 0.4) is 0 Å². The zero-order chi connectivity index (χ0) is 21.9. The quantitative estimate of drug-likeness (QED) is 0.595. The van der Waals surface area contributed by atoms with Crippen molar-refractivity contribution >= 4 is 29.2 Å². The van der Waals surface area contributed by atoms with Gasteiger partial charge in [0.2, 0.25) is 17.7 Å². The van der Waals surface area contributed by atoms with Crippen LogP contribution in [0, 0.1) is 11.8 Å². The highest BCUT2D eigenvalue weighted by Gasteiger charge is 2.31. The third-order valence-corrected chi connectivity index (χ3v) is 4.58.